The van der Waals surface area contributed by atoms with Crippen LogP contribution in [-0.4, -0.2) is 11.5 Å². The van der Waals surface area contributed by atoms with E-state index in [0.29, 0.717) is 0 Å². The fraction of sp³-hybridized carbons (Fsp3) is 0.381. The van der Waals surface area contributed by atoms with E-state index in [1.807, 2.05) is 6.92 Å². The van der Waals surface area contributed by atoms with Gasteiger partial charge in [-0.2, -0.15) is 0 Å². The molecule has 2 aromatic rings. The number of nitrogens with zero attached hydrogens (tertiary/aromatic N) is 1. The van der Waals surface area contributed by atoms with Crippen molar-refractivity contribution in [3.63, 3.8) is 0 Å². The summed E-state index contributed by atoms with van der Waals surface area (Å²) in [7, 11) is 0. The number of anilines is 2. The van der Waals surface area contributed by atoms with E-state index in [-0.39, 0.29) is 0 Å². The minimum atomic E-state index is 0.798. The van der Waals surface area contributed by atoms with E-state index < -0.39 is 0 Å². The lowest BCUT2D eigenvalue weighted by Gasteiger charge is -2.12. The van der Waals surface area contributed by atoms with Crippen LogP contribution in [0.2, 0.25) is 0 Å². The summed E-state index contributed by atoms with van der Waals surface area (Å²) in [4.78, 5) is 5.82. The van der Waals surface area contributed by atoms with Crippen LogP contribution in [0.4, 0.5) is 10.8 Å². The normalized spacial score (nSPS) is 11.3. The molecular formula is C21H30N4S. The van der Waals surface area contributed by atoms with Gasteiger partial charge >= 0.3 is 0 Å². The summed E-state index contributed by atoms with van der Waals surface area (Å²) in [5.41, 5.74) is 4.47. The van der Waals surface area contributed by atoms with Gasteiger partial charge in [0.1, 0.15) is 0 Å². The second-order valence-corrected chi connectivity index (χ2v) is 7.28. The number of aromatic nitrogens is 1. The molecule has 4 nitrogen and oxygen atoms in total. The largest absolute Gasteiger partial charge is 0.372 e. The Kier molecular flexibility index (Phi) is 7.73. The monoisotopic (exact) mass is 370 g/mol. The molecule has 0 fully saturated rings. The molecule has 0 aliphatic rings. The molecule has 26 heavy (non-hydrogen) atoms. The van der Waals surface area contributed by atoms with E-state index in [1.54, 1.807) is 11.3 Å². The van der Waals surface area contributed by atoms with Gasteiger partial charge in [0.05, 0.1) is 22.1 Å². The highest BCUT2D eigenvalue weighted by molar-refractivity contribution is 7.16. The first-order valence-corrected chi connectivity index (χ1v) is 10.1. The molecule has 2 rings (SSSR count). The SMILES string of the molecule is C=C(NCCCC)Nc1nc(C)c(/C(=C\CC)Nc2ccccc2C)s1. The Bertz CT molecular complexity index is 761. The number of allylic oxidation sites excluding steroid dienone is 1. The second-order valence-electron chi connectivity index (χ2n) is 6.28. The zero-order valence-electron chi connectivity index (χ0n) is 16.3. The number of rotatable bonds is 10. The molecule has 0 saturated heterocycles. The van der Waals surface area contributed by atoms with Crippen molar-refractivity contribution in [1.29, 1.82) is 0 Å². The van der Waals surface area contributed by atoms with E-state index in [2.05, 4.69) is 78.6 Å². The van der Waals surface area contributed by atoms with E-state index in [9.17, 15) is 0 Å². The molecule has 0 radical (unpaired) electrons. The summed E-state index contributed by atoms with van der Waals surface area (Å²) in [5.74, 6) is 0.798. The minimum absolute atomic E-state index is 0.798. The molecule has 1 aromatic carbocycles. The van der Waals surface area contributed by atoms with Gasteiger partial charge in [-0.3, -0.25) is 0 Å². The lowest BCUT2D eigenvalue weighted by molar-refractivity contribution is 0.714. The van der Waals surface area contributed by atoms with Crippen LogP contribution >= 0.6 is 11.3 Å². The van der Waals surface area contributed by atoms with Crippen molar-refractivity contribution in [3.8, 4) is 0 Å². The number of hydrogen-bond donors (Lipinski definition) is 3. The molecule has 0 bridgehead atoms. The Balaban J connectivity index is 2.14. The first-order chi connectivity index (χ1) is 12.5. The number of aryl methyl sites for hydroxylation is 2. The Morgan fingerprint density at radius 3 is 2.65 bits per heavy atom. The maximum absolute atomic E-state index is 4.67. The fourth-order valence-corrected chi connectivity index (χ4v) is 3.54. The van der Waals surface area contributed by atoms with Gasteiger partial charge in [-0.1, -0.05) is 62.5 Å². The summed E-state index contributed by atoms with van der Waals surface area (Å²) in [6, 6.07) is 8.33. The van der Waals surface area contributed by atoms with Gasteiger partial charge in [0.15, 0.2) is 5.13 Å². The number of para-hydroxylation sites is 1. The van der Waals surface area contributed by atoms with Crippen LogP contribution < -0.4 is 16.0 Å². The third kappa shape index (κ3) is 5.63. The maximum Gasteiger partial charge on any atom is 0.189 e. The van der Waals surface area contributed by atoms with Crippen LogP contribution in [0, 0.1) is 13.8 Å². The Morgan fingerprint density at radius 1 is 1.19 bits per heavy atom. The Hall–Kier alpha value is -2.27. The quantitative estimate of drug-likeness (QED) is 0.456. The van der Waals surface area contributed by atoms with Crippen LogP contribution in [0.3, 0.4) is 0 Å². The molecule has 0 amide bonds. The van der Waals surface area contributed by atoms with E-state index in [0.717, 1.165) is 58.7 Å². The third-order valence-corrected chi connectivity index (χ3v) is 5.10. The smallest absolute Gasteiger partial charge is 0.189 e. The highest BCUT2D eigenvalue weighted by atomic mass is 32.1. The van der Waals surface area contributed by atoms with Gasteiger partial charge in [0.25, 0.3) is 0 Å². The third-order valence-electron chi connectivity index (χ3n) is 3.99. The van der Waals surface area contributed by atoms with Crippen molar-refractivity contribution in [1.82, 2.24) is 10.3 Å². The van der Waals surface area contributed by atoms with Crippen molar-refractivity contribution in [3.05, 3.63) is 58.9 Å². The molecule has 0 aliphatic carbocycles. The van der Waals surface area contributed by atoms with Crippen molar-refractivity contribution in [2.24, 2.45) is 0 Å². The lowest BCUT2D eigenvalue weighted by Crippen LogP contribution is -2.19. The molecule has 1 aromatic heterocycles. The number of unbranched alkanes of at least 4 members (excludes halogenated alkanes) is 1. The Labute approximate surface area is 161 Å². The molecular weight excluding hydrogens is 340 g/mol. The van der Waals surface area contributed by atoms with Gasteiger partial charge < -0.3 is 16.0 Å². The van der Waals surface area contributed by atoms with Gasteiger partial charge in [0, 0.05) is 12.2 Å². The summed E-state index contributed by atoms with van der Waals surface area (Å²) < 4.78 is 0. The minimum Gasteiger partial charge on any atom is -0.372 e. The lowest BCUT2D eigenvalue weighted by atomic mass is 10.2. The number of hydrogen-bond acceptors (Lipinski definition) is 5. The summed E-state index contributed by atoms with van der Waals surface area (Å²) >= 11 is 1.65. The van der Waals surface area contributed by atoms with Crippen LogP contribution in [0.15, 0.2) is 42.7 Å². The van der Waals surface area contributed by atoms with Crippen molar-refractivity contribution >= 4 is 27.9 Å². The van der Waals surface area contributed by atoms with Crippen molar-refractivity contribution in [2.45, 2.75) is 47.0 Å². The van der Waals surface area contributed by atoms with Crippen molar-refractivity contribution < 1.29 is 0 Å². The van der Waals surface area contributed by atoms with Crippen molar-refractivity contribution in [2.75, 3.05) is 17.2 Å². The first-order valence-electron chi connectivity index (χ1n) is 9.25. The van der Waals surface area contributed by atoms with Gasteiger partial charge in [-0.25, -0.2) is 4.98 Å². The predicted molar refractivity (Wildman–Crippen MR) is 116 cm³/mol. The van der Waals surface area contributed by atoms with Crippen LogP contribution in [0.5, 0.6) is 0 Å². The summed E-state index contributed by atoms with van der Waals surface area (Å²) in [5, 5.41) is 11.0. The fourth-order valence-electron chi connectivity index (χ4n) is 2.55. The maximum atomic E-state index is 4.67. The van der Waals surface area contributed by atoms with E-state index >= 15 is 0 Å². The molecule has 140 valence electrons. The van der Waals surface area contributed by atoms with E-state index in [4.69, 9.17) is 0 Å². The molecule has 1 heterocycles. The molecule has 0 saturated carbocycles. The summed E-state index contributed by atoms with van der Waals surface area (Å²) in [6.45, 7) is 13.5. The predicted octanol–water partition coefficient (Wildman–Crippen LogP) is 5.90. The Morgan fingerprint density at radius 2 is 1.96 bits per heavy atom. The standard InChI is InChI=1S/C21H30N4S/c1-6-8-14-22-17(5)24-21-23-16(4)20(26-21)19(11-7-2)25-18-13-10-9-12-15(18)3/h9-13,22,25H,5-8,14H2,1-4H3,(H,23,24)/b19-11+. The van der Waals surface area contributed by atoms with Crippen LogP contribution in [-0.2, 0) is 0 Å². The highest BCUT2D eigenvalue weighted by Crippen LogP contribution is 2.31. The molecule has 0 unspecified atom stereocenters. The van der Waals surface area contributed by atoms with Gasteiger partial charge in [0.2, 0.25) is 0 Å². The van der Waals surface area contributed by atoms with Gasteiger partial charge in [-0.05, 0) is 38.3 Å². The molecule has 0 spiro atoms. The average Bonchev–Trinajstić information content (AvgIpc) is 2.96. The van der Waals surface area contributed by atoms with Crippen LogP contribution in [0.1, 0.15) is 49.2 Å². The number of thiazole rings is 1. The topological polar surface area (TPSA) is 49.0 Å². The summed E-state index contributed by atoms with van der Waals surface area (Å²) in [6.07, 6.45) is 5.47. The molecule has 0 aliphatic heterocycles. The highest BCUT2D eigenvalue weighted by Gasteiger charge is 2.13. The second kappa shape index (κ2) is 10.0. The molecule has 3 N–H and O–H groups in total. The average molecular weight is 371 g/mol. The zero-order valence-corrected chi connectivity index (χ0v) is 17.1. The molecule has 5 heteroatoms. The number of nitrogens with one attached hydrogen (secondary N) is 3. The van der Waals surface area contributed by atoms with Gasteiger partial charge in [-0.15, -0.1) is 0 Å². The van der Waals surface area contributed by atoms with E-state index in [1.165, 1.54) is 5.56 Å². The molecule has 0 atom stereocenters. The zero-order chi connectivity index (χ0) is 18.9. The first kappa shape index (κ1) is 20.0. The van der Waals surface area contributed by atoms with Crippen LogP contribution in [0.25, 0.3) is 5.70 Å². The number of benzene rings is 1.